The highest BCUT2D eigenvalue weighted by atomic mass is 16.5. The number of para-hydroxylation sites is 1. The van der Waals surface area contributed by atoms with E-state index in [4.69, 9.17) is 4.74 Å². The Morgan fingerprint density at radius 1 is 1.17 bits per heavy atom. The van der Waals surface area contributed by atoms with E-state index < -0.39 is 0 Å². The second-order valence-corrected chi connectivity index (χ2v) is 6.08. The lowest BCUT2D eigenvalue weighted by Crippen LogP contribution is -2.29. The lowest BCUT2D eigenvalue weighted by Gasteiger charge is -2.08. The number of rotatable bonds is 9. The molecule has 0 unspecified atom stereocenters. The minimum Gasteiger partial charge on any atom is -0.385 e. The molecule has 2 amide bonds. The van der Waals surface area contributed by atoms with Gasteiger partial charge in [0.15, 0.2) is 0 Å². The van der Waals surface area contributed by atoms with Crippen LogP contribution in [-0.2, 0) is 16.1 Å². The number of aromatic nitrogens is 5. The van der Waals surface area contributed by atoms with E-state index in [1.54, 1.807) is 49.7 Å². The number of methoxy groups -OCH3 is 1. The summed E-state index contributed by atoms with van der Waals surface area (Å²) >= 11 is 0. The molecule has 10 heteroatoms. The van der Waals surface area contributed by atoms with Crippen molar-refractivity contribution in [1.82, 2.24) is 30.5 Å². The molecule has 0 atom stereocenters. The molecule has 0 aliphatic rings. The number of nitrogens with one attached hydrogen (secondary N) is 2. The standard InChI is InChI=1S/C19H21N7O3/c1-29-11-5-10-21-17(27)13-26-24-18(23-25-26)15-7-2-3-8-16(15)22-19(28)14-6-4-9-20-12-14/h2-4,6-9,12H,5,10-11,13H2,1H3,(H,21,27)(H,22,28). The Bertz CT molecular complexity index is 959. The van der Waals surface area contributed by atoms with Gasteiger partial charge >= 0.3 is 0 Å². The highest BCUT2D eigenvalue weighted by Crippen LogP contribution is 2.24. The zero-order valence-corrected chi connectivity index (χ0v) is 15.9. The van der Waals surface area contributed by atoms with Crippen molar-refractivity contribution < 1.29 is 14.3 Å². The zero-order valence-electron chi connectivity index (χ0n) is 15.9. The number of carbonyl (C=O) groups excluding carboxylic acids is 2. The molecule has 0 bridgehead atoms. The van der Waals surface area contributed by atoms with Gasteiger partial charge in [-0.2, -0.15) is 4.80 Å². The predicted molar refractivity (Wildman–Crippen MR) is 105 cm³/mol. The average Bonchev–Trinajstić information content (AvgIpc) is 3.20. The molecule has 3 rings (SSSR count). The molecule has 29 heavy (non-hydrogen) atoms. The van der Waals surface area contributed by atoms with Crippen LogP contribution in [0.15, 0.2) is 48.8 Å². The van der Waals surface area contributed by atoms with Crippen LogP contribution in [0.1, 0.15) is 16.8 Å². The van der Waals surface area contributed by atoms with Gasteiger partial charge in [-0.25, -0.2) is 0 Å². The number of tetrazole rings is 1. The number of nitrogens with zero attached hydrogens (tertiary/aromatic N) is 5. The van der Waals surface area contributed by atoms with Gasteiger partial charge in [-0.15, -0.1) is 10.2 Å². The van der Waals surface area contributed by atoms with E-state index in [9.17, 15) is 9.59 Å². The van der Waals surface area contributed by atoms with Gasteiger partial charge < -0.3 is 15.4 Å². The molecule has 1 aromatic carbocycles. The van der Waals surface area contributed by atoms with Gasteiger partial charge in [-0.1, -0.05) is 12.1 Å². The van der Waals surface area contributed by atoms with Crippen molar-refractivity contribution in [1.29, 1.82) is 0 Å². The van der Waals surface area contributed by atoms with Crippen molar-refractivity contribution in [3.8, 4) is 11.4 Å². The van der Waals surface area contributed by atoms with Crippen LogP contribution in [-0.4, -0.2) is 57.3 Å². The molecule has 2 aromatic heterocycles. The Morgan fingerprint density at radius 2 is 2.03 bits per heavy atom. The van der Waals surface area contributed by atoms with E-state index in [-0.39, 0.29) is 18.4 Å². The fourth-order valence-corrected chi connectivity index (χ4v) is 2.53. The summed E-state index contributed by atoms with van der Waals surface area (Å²) in [7, 11) is 1.61. The zero-order chi connectivity index (χ0) is 20.5. The van der Waals surface area contributed by atoms with E-state index in [2.05, 4.69) is 31.0 Å². The summed E-state index contributed by atoms with van der Waals surface area (Å²) in [6, 6.07) is 10.5. The molecule has 0 fully saturated rings. The molecule has 2 heterocycles. The van der Waals surface area contributed by atoms with Crippen molar-refractivity contribution in [3.05, 3.63) is 54.4 Å². The number of anilines is 1. The van der Waals surface area contributed by atoms with Crippen LogP contribution in [0.5, 0.6) is 0 Å². The Labute approximate surface area is 167 Å². The largest absolute Gasteiger partial charge is 0.385 e. The van der Waals surface area contributed by atoms with E-state index in [1.807, 2.05) is 0 Å². The topological polar surface area (TPSA) is 124 Å². The van der Waals surface area contributed by atoms with E-state index in [0.29, 0.717) is 35.8 Å². The molecule has 150 valence electrons. The number of hydrogen-bond acceptors (Lipinski definition) is 7. The second kappa shape index (κ2) is 10.0. The molecular weight excluding hydrogens is 374 g/mol. The van der Waals surface area contributed by atoms with Crippen LogP contribution >= 0.6 is 0 Å². The maximum absolute atomic E-state index is 12.4. The molecule has 0 saturated heterocycles. The average molecular weight is 395 g/mol. The minimum atomic E-state index is -0.298. The van der Waals surface area contributed by atoms with Crippen molar-refractivity contribution in [2.24, 2.45) is 0 Å². The lowest BCUT2D eigenvalue weighted by molar-refractivity contribution is -0.122. The molecule has 0 spiro atoms. The third-order valence-corrected chi connectivity index (χ3v) is 3.93. The first-order chi connectivity index (χ1) is 14.2. The molecule has 0 radical (unpaired) electrons. The third-order valence-electron chi connectivity index (χ3n) is 3.93. The molecule has 2 N–H and O–H groups in total. The summed E-state index contributed by atoms with van der Waals surface area (Å²) in [6.07, 6.45) is 3.81. The number of pyridine rings is 1. The summed E-state index contributed by atoms with van der Waals surface area (Å²) in [5, 5.41) is 17.8. The van der Waals surface area contributed by atoms with Crippen LogP contribution in [0.2, 0.25) is 0 Å². The van der Waals surface area contributed by atoms with Crippen molar-refractivity contribution in [3.63, 3.8) is 0 Å². The van der Waals surface area contributed by atoms with Crippen LogP contribution < -0.4 is 10.6 Å². The molecule has 0 aliphatic carbocycles. The van der Waals surface area contributed by atoms with E-state index >= 15 is 0 Å². The van der Waals surface area contributed by atoms with Gasteiger partial charge in [0, 0.05) is 38.2 Å². The van der Waals surface area contributed by atoms with Gasteiger partial charge in [0.1, 0.15) is 6.54 Å². The SMILES string of the molecule is COCCCNC(=O)Cn1nnc(-c2ccccc2NC(=O)c2cccnc2)n1. The summed E-state index contributed by atoms with van der Waals surface area (Å²) in [4.78, 5) is 29.5. The number of amides is 2. The normalized spacial score (nSPS) is 10.5. The van der Waals surface area contributed by atoms with E-state index in [1.165, 1.54) is 11.0 Å². The first-order valence-electron chi connectivity index (χ1n) is 9.01. The summed E-state index contributed by atoms with van der Waals surface area (Å²) < 4.78 is 4.94. The van der Waals surface area contributed by atoms with Gasteiger partial charge in [-0.05, 0) is 35.9 Å². The Balaban J connectivity index is 1.67. The van der Waals surface area contributed by atoms with Gasteiger partial charge in [0.2, 0.25) is 11.7 Å². The van der Waals surface area contributed by atoms with Crippen LogP contribution in [0, 0.1) is 0 Å². The number of carbonyl (C=O) groups is 2. The summed E-state index contributed by atoms with van der Waals surface area (Å²) in [6.45, 7) is 1.04. The third kappa shape index (κ3) is 5.66. The van der Waals surface area contributed by atoms with Crippen molar-refractivity contribution in [2.45, 2.75) is 13.0 Å². The quantitative estimate of drug-likeness (QED) is 0.521. The van der Waals surface area contributed by atoms with Crippen molar-refractivity contribution in [2.75, 3.05) is 25.6 Å². The lowest BCUT2D eigenvalue weighted by atomic mass is 10.1. The molecule has 0 aliphatic heterocycles. The van der Waals surface area contributed by atoms with Crippen molar-refractivity contribution >= 4 is 17.5 Å². The van der Waals surface area contributed by atoms with Crippen LogP contribution in [0.3, 0.4) is 0 Å². The highest BCUT2D eigenvalue weighted by Gasteiger charge is 2.15. The monoisotopic (exact) mass is 395 g/mol. The van der Waals surface area contributed by atoms with E-state index in [0.717, 1.165) is 6.42 Å². The highest BCUT2D eigenvalue weighted by molar-refractivity contribution is 6.05. The maximum Gasteiger partial charge on any atom is 0.257 e. The molecular formula is C19H21N7O3. The summed E-state index contributed by atoms with van der Waals surface area (Å²) in [5.74, 6) is -0.212. The minimum absolute atomic E-state index is 0.0514. The molecule has 0 saturated carbocycles. The predicted octanol–water partition coefficient (Wildman–Crippen LogP) is 1.14. The first kappa shape index (κ1) is 20.1. The molecule has 3 aromatic rings. The molecule has 10 nitrogen and oxygen atoms in total. The second-order valence-electron chi connectivity index (χ2n) is 6.08. The first-order valence-corrected chi connectivity index (χ1v) is 9.01. The number of hydrogen-bond donors (Lipinski definition) is 2. The van der Waals surface area contributed by atoms with Gasteiger partial charge in [-0.3, -0.25) is 14.6 Å². The Hall–Kier alpha value is -3.66. The maximum atomic E-state index is 12.4. The summed E-state index contributed by atoms with van der Waals surface area (Å²) in [5.41, 5.74) is 1.56. The van der Waals surface area contributed by atoms with Crippen LogP contribution in [0.25, 0.3) is 11.4 Å². The van der Waals surface area contributed by atoms with Crippen LogP contribution in [0.4, 0.5) is 5.69 Å². The van der Waals surface area contributed by atoms with Gasteiger partial charge in [0.25, 0.3) is 5.91 Å². The van der Waals surface area contributed by atoms with Gasteiger partial charge in [0.05, 0.1) is 11.3 Å². The Kier molecular flexibility index (Phi) is 6.95. The smallest absolute Gasteiger partial charge is 0.257 e. The fraction of sp³-hybridized carbons (Fsp3) is 0.263. The fourth-order valence-electron chi connectivity index (χ4n) is 2.53. The number of ether oxygens (including phenoxy) is 1. The Morgan fingerprint density at radius 3 is 2.83 bits per heavy atom. The number of benzene rings is 1.